The van der Waals surface area contributed by atoms with Crippen LogP contribution in [0.3, 0.4) is 0 Å². The van der Waals surface area contributed by atoms with Crippen molar-refractivity contribution in [2.24, 2.45) is 0 Å². The van der Waals surface area contributed by atoms with Crippen molar-refractivity contribution in [2.75, 3.05) is 44.3 Å². The van der Waals surface area contributed by atoms with Crippen LogP contribution in [-0.4, -0.2) is 76.6 Å². The zero-order valence-corrected chi connectivity index (χ0v) is 21.9. The van der Waals surface area contributed by atoms with Crippen molar-refractivity contribution < 1.29 is 14.6 Å². The van der Waals surface area contributed by atoms with Gasteiger partial charge in [0, 0.05) is 60.1 Å². The molecular formula is C30H33N5O3. The van der Waals surface area contributed by atoms with Crippen molar-refractivity contribution in [3.8, 4) is 22.4 Å². The number of hydrogen-bond acceptors (Lipinski definition) is 6. The standard InChI is InChI=1S/C30H33N5O3/c1-19-15-23(16-20(2)28(19)34-9-7-24(36)8-10-34)27-17-25-26(18-31-29(25)33-32-27)21-3-5-22(6-4-21)30(37)35-11-13-38-14-12-35/h3-6,15-18,24,36H,7-14H2,1-2H3,(H,31,33). The van der Waals surface area contributed by atoms with E-state index in [0.717, 1.165) is 59.3 Å². The first-order chi connectivity index (χ1) is 18.5. The number of nitrogens with zero attached hydrogens (tertiary/aromatic N) is 4. The second kappa shape index (κ2) is 10.2. The number of benzene rings is 2. The van der Waals surface area contributed by atoms with E-state index in [9.17, 15) is 9.90 Å². The second-order valence-corrected chi connectivity index (χ2v) is 10.4. The summed E-state index contributed by atoms with van der Waals surface area (Å²) in [6.45, 7) is 8.47. The Hall–Kier alpha value is -3.75. The van der Waals surface area contributed by atoms with Crippen molar-refractivity contribution in [1.82, 2.24) is 20.1 Å². The first-order valence-electron chi connectivity index (χ1n) is 13.3. The van der Waals surface area contributed by atoms with E-state index in [4.69, 9.17) is 4.74 Å². The topological polar surface area (TPSA) is 94.6 Å². The number of amides is 1. The Bertz CT molecular complexity index is 1440. The molecule has 4 aromatic rings. The number of aliphatic hydroxyl groups excluding tert-OH is 1. The molecule has 2 aliphatic heterocycles. The summed E-state index contributed by atoms with van der Waals surface area (Å²) in [6.07, 6.45) is 3.37. The minimum Gasteiger partial charge on any atom is -0.393 e. The van der Waals surface area contributed by atoms with Crippen molar-refractivity contribution in [1.29, 1.82) is 0 Å². The van der Waals surface area contributed by atoms with Gasteiger partial charge in [-0.1, -0.05) is 12.1 Å². The molecule has 2 fully saturated rings. The minimum absolute atomic E-state index is 0.0434. The normalized spacial score (nSPS) is 16.8. The summed E-state index contributed by atoms with van der Waals surface area (Å²) in [5.41, 5.74) is 8.98. The number of hydrogen-bond donors (Lipinski definition) is 2. The summed E-state index contributed by atoms with van der Waals surface area (Å²) in [6, 6.07) is 14.2. The van der Waals surface area contributed by atoms with E-state index in [1.807, 2.05) is 35.4 Å². The number of carbonyl (C=O) groups is 1. The number of rotatable bonds is 4. The fraction of sp³-hybridized carbons (Fsp3) is 0.367. The maximum atomic E-state index is 12.8. The van der Waals surface area contributed by atoms with Gasteiger partial charge in [0.05, 0.1) is 25.0 Å². The Morgan fingerprint density at radius 1 is 0.947 bits per heavy atom. The van der Waals surface area contributed by atoms with Gasteiger partial charge in [0.15, 0.2) is 5.65 Å². The lowest BCUT2D eigenvalue weighted by molar-refractivity contribution is 0.0303. The Morgan fingerprint density at radius 2 is 1.63 bits per heavy atom. The lowest BCUT2D eigenvalue weighted by atomic mass is 9.98. The molecule has 0 unspecified atom stereocenters. The van der Waals surface area contributed by atoms with Gasteiger partial charge in [-0.15, -0.1) is 10.2 Å². The molecule has 4 heterocycles. The highest BCUT2D eigenvalue weighted by Crippen LogP contribution is 2.34. The summed E-state index contributed by atoms with van der Waals surface area (Å²) in [5.74, 6) is 0.0434. The average Bonchev–Trinajstić information content (AvgIpc) is 3.37. The zero-order valence-electron chi connectivity index (χ0n) is 21.9. The Labute approximate surface area is 222 Å². The largest absolute Gasteiger partial charge is 0.393 e. The first kappa shape index (κ1) is 24.6. The third kappa shape index (κ3) is 4.66. The van der Waals surface area contributed by atoms with Crippen LogP contribution in [0.25, 0.3) is 33.4 Å². The molecule has 0 saturated carbocycles. The van der Waals surface area contributed by atoms with E-state index in [1.165, 1.54) is 16.8 Å². The predicted molar refractivity (Wildman–Crippen MR) is 148 cm³/mol. The summed E-state index contributed by atoms with van der Waals surface area (Å²) < 4.78 is 5.37. The van der Waals surface area contributed by atoms with Crippen molar-refractivity contribution in [2.45, 2.75) is 32.8 Å². The number of ether oxygens (including phenoxy) is 1. The van der Waals surface area contributed by atoms with Crippen LogP contribution >= 0.6 is 0 Å². The molecule has 38 heavy (non-hydrogen) atoms. The molecule has 2 aromatic carbocycles. The van der Waals surface area contributed by atoms with Crippen LogP contribution in [0, 0.1) is 13.8 Å². The molecular weight excluding hydrogens is 478 g/mol. The number of H-pyrrole nitrogens is 1. The number of nitrogens with one attached hydrogen (secondary N) is 1. The summed E-state index contributed by atoms with van der Waals surface area (Å²) in [5, 5.41) is 19.9. The van der Waals surface area contributed by atoms with Gasteiger partial charge in [-0.2, -0.15) is 0 Å². The molecule has 2 aliphatic rings. The van der Waals surface area contributed by atoms with Crippen LogP contribution in [0.5, 0.6) is 0 Å². The molecule has 0 atom stereocenters. The maximum Gasteiger partial charge on any atom is 0.254 e. The molecule has 0 aliphatic carbocycles. The zero-order chi connectivity index (χ0) is 26.2. The molecule has 0 spiro atoms. The van der Waals surface area contributed by atoms with Gasteiger partial charge < -0.3 is 24.6 Å². The van der Waals surface area contributed by atoms with Crippen LogP contribution in [0.4, 0.5) is 5.69 Å². The lowest BCUT2D eigenvalue weighted by Gasteiger charge is -2.34. The van der Waals surface area contributed by atoms with Crippen LogP contribution in [0.2, 0.25) is 0 Å². The molecule has 196 valence electrons. The summed E-state index contributed by atoms with van der Waals surface area (Å²) >= 11 is 0. The highest BCUT2D eigenvalue weighted by Gasteiger charge is 2.22. The quantitative estimate of drug-likeness (QED) is 0.423. The molecule has 0 bridgehead atoms. The third-order valence-corrected chi connectivity index (χ3v) is 7.75. The monoisotopic (exact) mass is 511 g/mol. The highest BCUT2D eigenvalue weighted by atomic mass is 16.5. The van der Waals surface area contributed by atoms with E-state index in [1.54, 1.807) is 0 Å². The van der Waals surface area contributed by atoms with Crippen molar-refractivity contribution in [3.05, 3.63) is 65.4 Å². The average molecular weight is 512 g/mol. The lowest BCUT2D eigenvalue weighted by Crippen LogP contribution is -2.40. The van der Waals surface area contributed by atoms with E-state index in [-0.39, 0.29) is 12.0 Å². The number of morpholine rings is 1. The fourth-order valence-corrected chi connectivity index (χ4v) is 5.74. The Balaban J connectivity index is 1.28. The molecule has 0 radical (unpaired) electrons. The number of anilines is 1. The van der Waals surface area contributed by atoms with Gasteiger partial charge in [-0.3, -0.25) is 4.79 Å². The number of fused-ring (bicyclic) bond motifs is 1. The van der Waals surface area contributed by atoms with Crippen LogP contribution in [0.15, 0.2) is 48.7 Å². The van der Waals surface area contributed by atoms with Crippen LogP contribution < -0.4 is 4.90 Å². The summed E-state index contributed by atoms with van der Waals surface area (Å²) in [4.78, 5) is 20.3. The van der Waals surface area contributed by atoms with Crippen molar-refractivity contribution >= 4 is 22.6 Å². The molecule has 6 rings (SSSR count). The molecule has 2 aromatic heterocycles. The minimum atomic E-state index is -0.190. The van der Waals surface area contributed by atoms with Gasteiger partial charge in [0.25, 0.3) is 5.91 Å². The van der Waals surface area contributed by atoms with Crippen molar-refractivity contribution in [3.63, 3.8) is 0 Å². The molecule has 2 N–H and O–H groups in total. The number of aromatic nitrogens is 3. The number of piperidine rings is 1. The SMILES string of the molecule is Cc1cc(-c2cc3c(-c4ccc(C(=O)N5CCOCC5)cc4)c[nH]c3nn2)cc(C)c1N1CCC(O)CC1. The van der Waals surface area contributed by atoms with Crippen LogP contribution in [0.1, 0.15) is 34.3 Å². The van der Waals surface area contributed by atoms with Gasteiger partial charge in [-0.05, 0) is 73.7 Å². The summed E-state index contributed by atoms with van der Waals surface area (Å²) in [7, 11) is 0. The molecule has 8 nitrogen and oxygen atoms in total. The smallest absolute Gasteiger partial charge is 0.254 e. The Morgan fingerprint density at radius 3 is 2.32 bits per heavy atom. The van der Waals surface area contributed by atoms with E-state index in [2.05, 4.69) is 52.1 Å². The van der Waals surface area contributed by atoms with Crippen LogP contribution in [-0.2, 0) is 4.74 Å². The second-order valence-electron chi connectivity index (χ2n) is 10.4. The molecule has 1 amide bonds. The Kier molecular flexibility index (Phi) is 6.59. The maximum absolute atomic E-state index is 12.8. The van der Waals surface area contributed by atoms with E-state index in [0.29, 0.717) is 31.9 Å². The van der Waals surface area contributed by atoms with Gasteiger partial charge in [0.1, 0.15) is 0 Å². The van der Waals surface area contributed by atoms with Gasteiger partial charge in [0.2, 0.25) is 0 Å². The number of carbonyl (C=O) groups excluding carboxylic acids is 1. The molecule has 2 saturated heterocycles. The number of aromatic amines is 1. The third-order valence-electron chi connectivity index (χ3n) is 7.75. The van der Waals surface area contributed by atoms with Gasteiger partial charge >= 0.3 is 0 Å². The van der Waals surface area contributed by atoms with E-state index < -0.39 is 0 Å². The van der Waals surface area contributed by atoms with E-state index >= 15 is 0 Å². The highest BCUT2D eigenvalue weighted by molar-refractivity contribution is 5.97. The first-order valence-corrected chi connectivity index (χ1v) is 13.3. The predicted octanol–water partition coefficient (Wildman–Crippen LogP) is 4.34. The van der Waals surface area contributed by atoms with Gasteiger partial charge in [-0.25, -0.2) is 0 Å². The number of aryl methyl sites for hydroxylation is 2. The fourth-order valence-electron chi connectivity index (χ4n) is 5.74. The number of aliphatic hydroxyl groups is 1. The molecule has 8 heteroatoms.